The second-order valence-corrected chi connectivity index (χ2v) is 6.89. The first-order valence-electron chi connectivity index (χ1n) is 9.10. The van der Waals surface area contributed by atoms with Gasteiger partial charge in [-0.15, -0.1) is 0 Å². The van der Waals surface area contributed by atoms with Crippen molar-refractivity contribution in [2.24, 2.45) is 0 Å². The van der Waals surface area contributed by atoms with Gasteiger partial charge in [0.25, 0.3) is 5.91 Å². The third-order valence-corrected chi connectivity index (χ3v) is 5.07. The average Bonchev–Trinajstić information content (AvgIpc) is 3.20. The van der Waals surface area contributed by atoms with Crippen LogP contribution >= 0.6 is 0 Å². The topological polar surface area (TPSA) is 50.8 Å². The van der Waals surface area contributed by atoms with Crippen LogP contribution in [0.25, 0.3) is 0 Å². The molecule has 146 valence electrons. The summed E-state index contributed by atoms with van der Waals surface area (Å²) in [5.74, 6) is -0.826. The molecule has 0 unspecified atom stereocenters. The van der Waals surface area contributed by atoms with Gasteiger partial charge in [-0.2, -0.15) is 0 Å². The molecule has 0 aliphatic carbocycles. The molecule has 29 heavy (non-hydrogen) atoms. The smallest absolute Gasteiger partial charge is 0.258 e. The van der Waals surface area contributed by atoms with E-state index in [-0.39, 0.29) is 19.2 Å². The number of carbonyl (C=O) groups excluding carboxylic acids is 1. The molecule has 0 bridgehead atoms. The SMILES string of the molecule is O=C1c2ccccc2N[C@H](c2ccc(F)c(F)c2)N1Cc1ccc2c(c1)OCO2. The monoisotopic (exact) mass is 394 g/mol. The maximum Gasteiger partial charge on any atom is 0.258 e. The molecule has 5 rings (SSSR count). The number of para-hydroxylation sites is 1. The highest BCUT2D eigenvalue weighted by Crippen LogP contribution is 2.37. The number of ether oxygens (including phenoxy) is 2. The van der Waals surface area contributed by atoms with E-state index >= 15 is 0 Å². The largest absolute Gasteiger partial charge is 0.454 e. The molecule has 1 amide bonds. The lowest BCUT2D eigenvalue weighted by Crippen LogP contribution is -2.42. The molecule has 3 aromatic rings. The Morgan fingerprint density at radius 3 is 2.66 bits per heavy atom. The van der Waals surface area contributed by atoms with Gasteiger partial charge in [0.05, 0.1) is 5.56 Å². The number of fused-ring (bicyclic) bond motifs is 2. The van der Waals surface area contributed by atoms with Crippen LogP contribution in [0.5, 0.6) is 11.5 Å². The fraction of sp³-hybridized carbons (Fsp3) is 0.136. The number of nitrogens with zero attached hydrogens (tertiary/aromatic N) is 1. The summed E-state index contributed by atoms with van der Waals surface area (Å²) in [6.45, 7) is 0.411. The van der Waals surface area contributed by atoms with Crippen LogP contribution in [0.2, 0.25) is 0 Å². The molecule has 0 saturated heterocycles. The summed E-state index contributed by atoms with van der Waals surface area (Å²) in [5, 5.41) is 3.27. The summed E-state index contributed by atoms with van der Waals surface area (Å²) in [6, 6.07) is 16.2. The van der Waals surface area contributed by atoms with E-state index in [9.17, 15) is 13.6 Å². The van der Waals surface area contributed by atoms with Gasteiger partial charge in [-0.1, -0.05) is 24.3 Å². The van der Waals surface area contributed by atoms with Crippen molar-refractivity contribution in [2.75, 3.05) is 12.1 Å². The van der Waals surface area contributed by atoms with Crippen LogP contribution < -0.4 is 14.8 Å². The molecule has 5 nitrogen and oxygen atoms in total. The Kier molecular flexibility index (Phi) is 4.08. The zero-order valence-electron chi connectivity index (χ0n) is 15.2. The van der Waals surface area contributed by atoms with Gasteiger partial charge < -0.3 is 19.7 Å². The number of hydrogen-bond acceptors (Lipinski definition) is 4. The molecule has 1 atom stereocenters. The predicted molar refractivity (Wildman–Crippen MR) is 102 cm³/mol. The van der Waals surface area contributed by atoms with Crippen molar-refractivity contribution in [2.45, 2.75) is 12.7 Å². The van der Waals surface area contributed by atoms with Gasteiger partial charge in [-0.05, 0) is 47.5 Å². The Morgan fingerprint density at radius 2 is 1.79 bits per heavy atom. The van der Waals surface area contributed by atoms with Crippen LogP contribution in [0, 0.1) is 11.6 Å². The number of halogens is 2. The second kappa shape index (κ2) is 6.77. The summed E-state index contributed by atoms with van der Waals surface area (Å²) in [4.78, 5) is 14.8. The van der Waals surface area contributed by atoms with Crippen LogP contribution in [-0.4, -0.2) is 17.6 Å². The minimum atomic E-state index is -0.960. The molecule has 0 spiro atoms. The number of amides is 1. The zero-order valence-corrected chi connectivity index (χ0v) is 15.2. The van der Waals surface area contributed by atoms with E-state index in [4.69, 9.17) is 9.47 Å². The van der Waals surface area contributed by atoms with E-state index < -0.39 is 17.8 Å². The molecule has 1 N–H and O–H groups in total. The molecule has 2 heterocycles. The third kappa shape index (κ3) is 3.04. The minimum absolute atomic E-state index is 0.161. The van der Waals surface area contributed by atoms with E-state index in [0.29, 0.717) is 28.3 Å². The predicted octanol–water partition coefficient (Wildman–Crippen LogP) is 4.46. The summed E-state index contributed by atoms with van der Waals surface area (Å²) >= 11 is 0. The Morgan fingerprint density at radius 1 is 0.966 bits per heavy atom. The summed E-state index contributed by atoms with van der Waals surface area (Å²) in [7, 11) is 0. The van der Waals surface area contributed by atoms with Crippen molar-refractivity contribution in [1.82, 2.24) is 4.90 Å². The van der Waals surface area contributed by atoms with Gasteiger partial charge in [0.15, 0.2) is 23.1 Å². The minimum Gasteiger partial charge on any atom is -0.454 e. The number of anilines is 1. The van der Waals surface area contributed by atoms with Gasteiger partial charge in [0.1, 0.15) is 6.17 Å². The molecule has 3 aromatic carbocycles. The lowest BCUT2D eigenvalue weighted by Gasteiger charge is -2.38. The molecular weight excluding hydrogens is 378 g/mol. The first-order valence-corrected chi connectivity index (χ1v) is 9.10. The van der Waals surface area contributed by atoms with Crippen molar-refractivity contribution in [1.29, 1.82) is 0 Å². The first-order chi connectivity index (χ1) is 14.1. The van der Waals surface area contributed by atoms with Crippen LogP contribution in [0.3, 0.4) is 0 Å². The van der Waals surface area contributed by atoms with E-state index in [1.807, 2.05) is 18.2 Å². The van der Waals surface area contributed by atoms with E-state index in [2.05, 4.69) is 5.32 Å². The highest BCUT2D eigenvalue weighted by molar-refractivity contribution is 6.01. The maximum absolute atomic E-state index is 13.9. The molecule has 0 aromatic heterocycles. The molecule has 0 radical (unpaired) electrons. The quantitative estimate of drug-likeness (QED) is 0.713. The van der Waals surface area contributed by atoms with Gasteiger partial charge >= 0.3 is 0 Å². The Balaban J connectivity index is 1.55. The van der Waals surface area contributed by atoms with Crippen molar-refractivity contribution in [3.8, 4) is 11.5 Å². The van der Waals surface area contributed by atoms with Crippen molar-refractivity contribution < 1.29 is 23.0 Å². The van der Waals surface area contributed by atoms with Crippen LogP contribution in [-0.2, 0) is 6.54 Å². The molecule has 0 saturated carbocycles. The summed E-state index contributed by atoms with van der Waals surface area (Å²) in [6.07, 6.45) is -0.655. The van der Waals surface area contributed by atoms with E-state index in [1.54, 1.807) is 29.2 Å². The zero-order chi connectivity index (χ0) is 20.0. The molecule has 7 heteroatoms. The standard InChI is InChI=1S/C22H16F2N2O3/c23-16-7-6-14(10-17(16)24)21-25-18-4-2-1-3-15(18)22(27)26(21)11-13-5-8-19-20(9-13)29-12-28-19/h1-10,21,25H,11-12H2/t21-/m0/s1. The third-order valence-electron chi connectivity index (χ3n) is 5.07. The Bertz CT molecular complexity index is 1120. The molecular formula is C22H16F2N2O3. The van der Waals surface area contributed by atoms with Crippen molar-refractivity contribution >= 4 is 11.6 Å². The fourth-order valence-electron chi connectivity index (χ4n) is 3.64. The van der Waals surface area contributed by atoms with Gasteiger partial charge in [-0.3, -0.25) is 4.79 Å². The van der Waals surface area contributed by atoms with Crippen LogP contribution in [0.15, 0.2) is 60.7 Å². The number of carbonyl (C=O) groups is 1. The lowest BCUT2D eigenvalue weighted by atomic mass is 10.0. The van der Waals surface area contributed by atoms with E-state index in [1.165, 1.54) is 6.07 Å². The lowest BCUT2D eigenvalue weighted by molar-refractivity contribution is 0.0666. The van der Waals surface area contributed by atoms with Crippen LogP contribution in [0.1, 0.15) is 27.7 Å². The van der Waals surface area contributed by atoms with Crippen molar-refractivity contribution in [3.63, 3.8) is 0 Å². The normalized spacial score (nSPS) is 17.1. The number of rotatable bonds is 3. The Labute approximate surface area is 165 Å². The second-order valence-electron chi connectivity index (χ2n) is 6.89. The fourth-order valence-corrected chi connectivity index (χ4v) is 3.64. The van der Waals surface area contributed by atoms with Crippen molar-refractivity contribution in [3.05, 3.63) is 89.0 Å². The molecule has 0 fully saturated rings. The average molecular weight is 394 g/mol. The van der Waals surface area contributed by atoms with Crippen LogP contribution in [0.4, 0.5) is 14.5 Å². The molecule has 2 aliphatic rings. The van der Waals surface area contributed by atoms with Gasteiger partial charge in [0, 0.05) is 12.2 Å². The summed E-state index contributed by atoms with van der Waals surface area (Å²) in [5.41, 5.74) is 2.45. The summed E-state index contributed by atoms with van der Waals surface area (Å²) < 4.78 is 38.1. The van der Waals surface area contributed by atoms with Gasteiger partial charge in [-0.25, -0.2) is 8.78 Å². The number of nitrogens with one attached hydrogen (secondary N) is 1. The highest BCUT2D eigenvalue weighted by atomic mass is 19.2. The van der Waals surface area contributed by atoms with E-state index in [0.717, 1.165) is 17.7 Å². The molecule has 2 aliphatic heterocycles. The maximum atomic E-state index is 13.9. The highest BCUT2D eigenvalue weighted by Gasteiger charge is 2.33. The number of hydrogen-bond donors (Lipinski definition) is 1. The first kappa shape index (κ1) is 17.5. The number of benzene rings is 3. The van der Waals surface area contributed by atoms with Gasteiger partial charge in [0.2, 0.25) is 6.79 Å². The Hall–Kier alpha value is -3.61.